The monoisotopic (exact) mass is 280 g/mol. The molecule has 16 heavy (non-hydrogen) atoms. The maximum atomic E-state index is 6.00. The predicted octanol–water partition coefficient (Wildman–Crippen LogP) is 3.26. The molecule has 0 spiro atoms. The molecule has 1 saturated heterocycles. The molecular formula is C13H13BrO2. The topological polar surface area (TPSA) is 18.5 Å². The van der Waals surface area contributed by atoms with Crippen LogP contribution in [0.1, 0.15) is 12.0 Å². The molecule has 2 nitrogen and oxygen atoms in total. The predicted molar refractivity (Wildman–Crippen MR) is 66.5 cm³/mol. The SMILES string of the molecule is C=C1c2cc(Br)ccc2OC2CCOC[C@H]12. The van der Waals surface area contributed by atoms with Crippen molar-refractivity contribution in [1.29, 1.82) is 0 Å². The second kappa shape index (κ2) is 3.90. The fourth-order valence-electron chi connectivity index (χ4n) is 2.40. The van der Waals surface area contributed by atoms with Gasteiger partial charge in [-0.25, -0.2) is 0 Å². The Labute approximate surface area is 103 Å². The van der Waals surface area contributed by atoms with E-state index in [9.17, 15) is 0 Å². The van der Waals surface area contributed by atoms with Gasteiger partial charge in [-0.2, -0.15) is 0 Å². The highest BCUT2D eigenvalue weighted by Crippen LogP contribution is 2.41. The van der Waals surface area contributed by atoms with E-state index in [4.69, 9.17) is 9.47 Å². The van der Waals surface area contributed by atoms with Gasteiger partial charge in [-0.3, -0.25) is 0 Å². The normalized spacial score (nSPS) is 27.9. The quantitative estimate of drug-likeness (QED) is 0.726. The summed E-state index contributed by atoms with van der Waals surface area (Å²) in [6.07, 6.45) is 1.20. The summed E-state index contributed by atoms with van der Waals surface area (Å²) in [5.41, 5.74) is 2.26. The maximum absolute atomic E-state index is 6.00. The molecule has 3 rings (SSSR count). The minimum Gasteiger partial charge on any atom is -0.489 e. The van der Waals surface area contributed by atoms with E-state index in [1.165, 1.54) is 0 Å². The van der Waals surface area contributed by atoms with Gasteiger partial charge in [-0.05, 0) is 23.8 Å². The van der Waals surface area contributed by atoms with Gasteiger partial charge < -0.3 is 9.47 Å². The van der Waals surface area contributed by atoms with Crippen LogP contribution in [0.25, 0.3) is 5.57 Å². The summed E-state index contributed by atoms with van der Waals surface area (Å²) in [5.74, 6) is 1.27. The van der Waals surface area contributed by atoms with Crippen molar-refractivity contribution in [3.63, 3.8) is 0 Å². The molecule has 0 saturated carbocycles. The van der Waals surface area contributed by atoms with E-state index >= 15 is 0 Å². The van der Waals surface area contributed by atoms with E-state index in [-0.39, 0.29) is 6.10 Å². The van der Waals surface area contributed by atoms with Crippen molar-refractivity contribution in [2.24, 2.45) is 5.92 Å². The lowest BCUT2D eigenvalue weighted by atomic mass is 9.84. The molecule has 3 heteroatoms. The molecule has 1 aromatic rings. The number of rotatable bonds is 0. The molecule has 0 bridgehead atoms. The highest BCUT2D eigenvalue weighted by Gasteiger charge is 2.35. The van der Waals surface area contributed by atoms with E-state index in [1.807, 2.05) is 12.1 Å². The minimum atomic E-state index is 0.245. The zero-order valence-corrected chi connectivity index (χ0v) is 10.5. The van der Waals surface area contributed by atoms with E-state index in [1.54, 1.807) is 0 Å². The Morgan fingerprint density at radius 1 is 1.38 bits per heavy atom. The largest absolute Gasteiger partial charge is 0.489 e. The first kappa shape index (κ1) is 10.4. The van der Waals surface area contributed by atoms with Gasteiger partial charge in [0.25, 0.3) is 0 Å². The summed E-state index contributed by atoms with van der Waals surface area (Å²) in [4.78, 5) is 0. The first-order valence-corrected chi connectivity index (χ1v) is 6.28. The van der Waals surface area contributed by atoms with E-state index in [0.717, 1.165) is 41.0 Å². The summed E-state index contributed by atoms with van der Waals surface area (Å²) in [5, 5.41) is 0. The second-order valence-corrected chi connectivity index (χ2v) is 5.21. The number of hydrogen-bond donors (Lipinski definition) is 0. The third kappa shape index (κ3) is 1.59. The lowest BCUT2D eigenvalue weighted by Crippen LogP contribution is -2.39. The lowest BCUT2D eigenvalue weighted by molar-refractivity contribution is -0.00681. The molecule has 1 fully saturated rings. The number of benzene rings is 1. The molecule has 1 aromatic carbocycles. The molecule has 2 aliphatic rings. The van der Waals surface area contributed by atoms with Crippen LogP contribution in [0.3, 0.4) is 0 Å². The Balaban J connectivity index is 2.03. The molecular weight excluding hydrogens is 268 g/mol. The Bertz CT molecular complexity index is 442. The average Bonchev–Trinajstić information content (AvgIpc) is 2.31. The second-order valence-electron chi connectivity index (χ2n) is 4.29. The molecule has 2 aliphatic heterocycles. The van der Waals surface area contributed by atoms with Crippen molar-refractivity contribution in [1.82, 2.24) is 0 Å². The zero-order valence-electron chi connectivity index (χ0n) is 8.91. The summed E-state index contributed by atoms with van der Waals surface area (Å²) in [7, 11) is 0. The summed E-state index contributed by atoms with van der Waals surface area (Å²) in [6.45, 7) is 5.72. The van der Waals surface area contributed by atoms with Gasteiger partial charge >= 0.3 is 0 Å². The van der Waals surface area contributed by atoms with Crippen LogP contribution in [-0.4, -0.2) is 19.3 Å². The van der Waals surface area contributed by atoms with E-state index in [0.29, 0.717) is 5.92 Å². The van der Waals surface area contributed by atoms with Crippen LogP contribution in [0.4, 0.5) is 0 Å². The van der Waals surface area contributed by atoms with E-state index in [2.05, 4.69) is 28.6 Å². The fraction of sp³-hybridized carbons (Fsp3) is 0.385. The van der Waals surface area contributed by atoms with Gasteiger partial charge in [-0.15, -0.1) is 0 Å². The Hall–Kier alpha value is -0.800. The molecule has 2 heterocycles. The van der Waals surface area contributed by atoms with Gasteiger partial charge in [0.05, 0.1) is 13.2 Å². The van der Waals surface area contributed by atoms with Crippen LogP contribution >= 0.6 is 15.9 Å². The van der Waals surface area contributed by atoms with Crippen LogP contribution in [0.5, 0.6) is 5.75 Å². The molecule has 1 unspecified atom stereocenters. The number of halogens is 1. The van der Waals surface area contributed by atoms with Crippen LogP contribution in [0, 0.1) is 5.92 Å². The van der Waals surface area contributed by atoms with E-state index < -0.39 is 0 Å². The fourth-order valence-corrected chi connectivity index (χ4v) is 2.76. The molecule has 0 amide bonds. The molecule has 84 valence electrons. The third-order valence-corrected chi connectivity index (χ3v) is 3.80. The van der Waals surface area contributed by atoms with Crippen molar-refractivity contribution >= 4 is 21.5 Å². The smallest absolute Gasteiger partial charge is 0.127 e. The molecule has 0 aliphatic carbocycles. The summed E-state index contributed by atoms with van der Waals surface area (Å²) >= 11 is 3.48. The maximum Gasteiger partial charge on any atom is 0.127 e. The lowest BCUT2D eigenvalue weighted by Gasteiger charge is -2.38. The van der Waals surface area contributed by atoms with Crippen molar-refractivity contribution in [3.8, 4) is 5.75 Å². The number of ether oxygens (including phenoxy) is 2. The summed E-state index contributed by atoms with van der Waals surface area (Å²) in [6, 6.07) is 6.09. The number of fused-ring (bicyclic) bond motifs is 2. The van der Waals surface area contributed by atoms with Crippen molar-refractivity contribution in [2.75, 3.05) is 13.2 Å². The molecule has 0 N–H and O–H groups in total. The first-order valence-electron chi connectivity index (χ1n) is 5.49. The van der Waals surface area contributed by atoms with Crippen LogP contribution in [-0.2, 0) is 4.74 Å². The molecule has 0 radical (unpaired) electrons. The van der Waals surface area contributed by atoms with Crippen LogP contribution < -0.4 is 4.74 Å². The van der Waals surface area contributed by atoms with Crippen molar-refractivity contribution < 1.29 is 9.47 Å². The minimum absolute atomic E-state index is 0.245. The molecule has 2 atom stereocenters. The van der Waals surface area contributed by atoms with Crippen molar-refractivity contribution in [2.45, 2.75) is 12.5 Å². The van der Waals surface area contributed by atoms with Crippen LogP contribution in [0.15, 0.2) is 29.3 Å². The standard InChI is InChI=1S/C13H13BrO2/c1-8-10-6-9(14)2-3-12(10)16-13-4-5-15-7-11(8)13/h2-3,6,11,13H,1,4-5,7H2/t11-,13?/m1/s1. The van der Waals surface area contributed by atoms with Gasteiger partial charge in [0.2, 0.25) is 0 Å². The highest BCUT2D eigenvalue weighted by molar-refractivity contribution is 9.10. The van der Waals surface area contributed by atoms with Crippen molar-refractivity contribution in [3.05, 3.63) is 34.8 Å². The number of hydrogen-bond acceptors (Lipinski definition) is 2. The summed E-state index contributed by atoms with van der Waals surface area (Å²) < 4.78 is 12.6. The molecule has 0 aromatic heterocycles. The third-order valence-electron chi connectivity index (χ3n) is 3.31. The Morgan fingerprint density at radius 3 is 3.12 bits per heavy atom. The van der Waals surface area contributed by atoms with Gasteiger partial charge in [-0.1, -0.05) is 22.5 Å². The van der Waals surface area contributed by atoms with Gasteiger partial charge in [0.15, 0.2) is 0 Å². The van der Waals surface area contributed by atoms with Gasteiger partial charge in [0.1, 0.15) is 11.9 Å². The Kier molecular flexibility index (Phi) is 2.52. The Morgan fingerprint density at radius 2 is 2.25 bits per heavy atom. The zero-order chi connectivity index (χ0) is 11.1. The van der Waals surface area contributed by atoms with Gasteiger partial charge in [0, 0.05) is 22.4 Å². The first-order chi connectivity index (χ1) is 7.75. The van der Waals surface area contributed by atoms with Crippen LogP contribution in [0.2, 0.25) is 0 Å². The average molecular weight is 281 g/mol. The highest BCUT2D eigenvalue weighted by atomic mass is 79.9.